The number of carbonyl (C=O) groups is 3. The van der Waals surface area contributed by atoms with Gasteiger partial charge in [-0.05, 0) is 52.7 Å². The molecular formula is C17H13BrN2O4S. The maximum absolute atomic E-state index is 12.7. The third-order valence-corrected chi connectivity index (χ3v) is 5.54. The van der Waals surface area contributed by atoms with Crippen molar-refractivity contribution >= 4 is 51.2 Å². The number of carboxylic acid groups (broad SMARTS) is 1. The molecule has 1 unspecified atom stereocenters. The fourth-order valence-electron chi connectivity index (χ4n) is 2.52. The van der Waals surface area contributed by atoms with E-state index in [0.29, 0.717) is 10.2 Å². The van der Waals surface area contributed by atoms with Crippen molar-refractivity contribution in [3.8, 4) is 0 Å². The number of benzene rings is 1. The van der Waals surface area contributed by atoms with Crippen LogP contribution < -0.4 is 4.90 Å². The second-order valence-electron chi connectivity index (χ2n) is 5.49. The van der Waals surface area contributed by atoms with Crippen molar-refractivity contribution in [1.29, 1.82) is 0 Å². The Morgan fingerprint density at radius 2 is 2.12 bits per heavy atom. The van der Waals surface area contributed by atoms with E-state index in [2.05, 4.69) is 20.9 Å². The summed E-state index contributed by atoms with van der Waals surface area (Å²) >= 11 is 4.39. The fraction of sp³-hybridized carbons (Fsp3) is 0.176. The molecule has 25 heavy (non-hydrogen) atoms. The number of aromatic carboxylic acids is 1. The van der Waals surface area contributed by atoms with Crippen LogP contribution in [0.15, 0.2) is 46.0 Å². The van der Waals surface area contributed by atoms with E-state index in [4.69, 9.17) is 0 Å². The molecule has 0 aliphatic carbocycles. The zero-order valence-corrected chi connectivity index (χ0v) is 15.5. The lowest BCUT2D eigenvalue weighted by atomic mass is 10.2. The number of hydrogen-bond acceptors (Lipinski definition) is 5. The Kier molecular flexibility index (Phi) is 4.91. The normalized spacial score (nSPS) is 17.2. The maximum atomic E-state index is 12.7. The highest BCUT2D eigenvalue weighted by molar-refractivity contribution is 9.10. The fourth-order valence-corrected chi connectivity index (χ4v) is 4.30. The summed E-state index contributed by atoms with van der Waals surface area (Å²) in [6.45, 7) is 1.91. The first kappa shape index (κ1) is 17.6. The largest absolute Gasteiger partial charge is 0.478 e. The molecule has 1 aliphatic rings. The summed E-state index contributed by atoms with van der Waals surface area (Å²) in [4.78, 5) is 41.6. The molecule has 0 radical (unpaired) electrons. The van der Waals surface area contributed by atoms with Crippen LogP contribution in [0.1, 0.15) is 22.3 Å². The van der Waals surface area contributed by atoms with Gasteiger partial charge in [0.05, 0.1) is 16.5 Å². The van der Waals surface area contributed by atoms with E-state index in [9.17, 15) is 19.5 Å². The van der Waals surface area contributed by atoms with Crippen molar-refractivity contribution < 1.29 is 19.5 Å². The molecule has 8 heteroatoms. The minimum absolute atomic E-state index is 0.000546. The van der Waals surface area contributed by atoms with Gasteiger partial charge >= 0.3 is 5.97 Å². The Balaban J connectivity index is 1.88. The van der Waals surface area contributed by atoms with E-state index in [1.54, 1.807) is 6.07 Å². The summed E-state index contributed by atoms with van der Waals surface area (Å²) in [5.74, 6) is -1.81. The van der Waals surface area contributed by atoms with E-state index in [-0.39, 0.29) is 28.8 Å². The van der Waals surface area contributed by atoms with Gasteiger partial charge in [0.2, 0.25) is 11.8 Å². The molecule has 128 valence electrons. The van der Waals surface area contributed by atoms with E-state index in [1.165, 1.54) is 18.3 Å². The van der Waals surface area contributed by atoms with Gasteiger partial charge in [-0.3, -0.25) is 9.59 Å². The monoisotopic (exact) mass is 420 g/mol. The Hall–Kier alpha value is -2.19. The number of rotatable bonds is 4. The highest BCUT2D eigenvalue weighted by atomic mass is 79.9. The average Bonchev–Trinajstić information content (AvgIpc) is 2.82. The number of halogens is 1. The number of aryl methyl sites for hydroxylation is 1. The van der Waals surface area contributed by atoms with Crippen LogP contribution in [0.5, 0.6) is 0 Å². The molecule has 0 spiro atoms. The number of aromatic nitrogens is 1. The standard InChI is InChI=1S/C17H13BrN2O4S/c1-9-4-5-12(11(18)7-9)20-14(21)8-13(16(20)22)25-15-10(17(23)24)3-2-6-19-15/h2-7,13H,8H2,1H3,(H,23,24). The molecule has 1 fully saturated rings. The molecule has 0 saturated carbocycles. The first-order chi connectivity index (χ1) is 11.9. The Morgan fingerprint density at radius 3 is 2.80 bits per heavy atom. The average molecular weight is 421 g/mol. The number of thioether (sulfide) groups is 1. The van der Waals surface area contributed by atoms with Crippen LogP contribution in [0.3, 0.4) is 0 Å². The van der Waals surface area contributed by atoms with Gasteiger partial charge in [0.25, 0.3) is 0 Å². The van der Waals surface area contributed by atoms with Gasteiger partial charge in [-0.1, -0.05) is 17.8 Å². The molecule has 1 saturated heterocycles. The Labute approximate surface area is 156 Å². The highest BCUT2D eigenvalue weighted by Gasteiger charge is 2.41. The zero-order chi connectivity index (χ0) is 18.1. The molecule has 3 rings (SSSR count). The van der Waals surface area contributed by atoms with E-state index in [1.807, 2.05) is 19.1 Å². The molecule has 6 nitrogen and oxygen atoms in total. The van der Waals surface area contributed by atoms with E-state index in [0.717, 1.165) is 22.2 Å². The number of nitrogens with zero attached hydrogens (tertiary/aromatic N) is 2. The number of hydrogen-bond donors (Lipinski definition) is 1. The summed E-state index contributed by atoms with van der Waals surface area (Å²) < 4.78 is 0.656. The third kappa shape index (κ3) is 3.45. The molecule has 2 amide bonds. The lowest BCUT2D eigenvalue weighted by Gasteiger charge is -2.17. The third-order valence-electron chi connectivity index (χ3n) is 3.70. The maximum Gasteiger partial charge on any atom is 0.338 e. The van der Waals surface area contributed by atoms with Gasteiger partial charge in [-0.15, -0.1) is 0 Å². The SMILES string of the molecule is Cc1ccc(N2C(=O)CC(Sc3ncccc3C(=O)O)C2=O)c(Br)c1. The van der Waals surface area contributed by atoms with E-state index >= 15 is 0 Å². The summed E-state index contributed by atoms with van der Waals surface area (Å²) in [5, 5.41) is 8.76. The van der Waals surface area contributed by atoms with Crippen LogP contribution in [-0.4, -0.2) is 33.1 Å². The molecule has 1 N–H and O–H groups in total. The lowest BCUT2D eigenvalue weighted by molar-refractivity contribution is -0.121. The van der Waals surface area contributed by atoms with Gasteiger partial charge in [-0.25, -0.2) is 14.7 Å². The number of pyridine rings is 1. The van der Waals surface area contributed by atoms with Crippen LogP contribution in [0.4, 0.5) is 5.69 Å². The van der Waals surface area contributed by atoms with E-state index < -0.39 is 11.2 Å². The number of anilines is 1. The molecule has 2 aromatic rings. The smallest absolute Gasteiger partial charge is 0.338 e. The van der Waals surface area contributed by atoms with Gasteiger partial charge in [0.15, 0.2) is 0 Å². The summed E-state index contributed by atoms with van der Waals surface area (Å²) in [7, 11) is 0. The summed E-state index contributed by atoms with van der Waals surface area (Å²) in [6, 6.07) is 8.31. The van der Waals surface area contributed by atoms with Crippen molar-refractivity contribution in [2.45, 2.75) is 23.6 Å². The molecule has 1 aromatic carbocycles. The Morgan fingerprint density at radius 1 is 1.36 bits per heavy atom. The highest BCUT2D eigenvalue weighted by Crippen LogP contribution is 2.37. The topological polar surface area (TPSA) is 87.6 Å². The van der Waals surface area contributed by atoms with Gasteiger partial charge in [0.1, 0.15) is 5.03 Å². The summed E-state index contributed by atoms with van der Waals surface area (Å²) in [5.41, 5.74) is 1.51. The van der Waals surface area contributed by atoms with Crippen molar-refractivity contribution in [3.63, 3.8) is 0 Å². The van der Waals surface area contributed by atoms with Crippen LogP contribution in [0.2, 0.25) is 0 Å². The molecular weight excluding hydrogens is 408 g/mol. The second kappa shape index (κ2) is 6.97. The Bertz CT molecular complexity index is 887. The predicted octanol–water partition coefficient (Wildman–Crippen LogP) is 3.27. The lowest BCUT2D eigenvalue weighted by Crippen LogP contribution is -2.31. The second-order valence-corrected chi connectivity index (χ2v) is 7.54. The molecule has 2 heterocycles. The van der Waals surface area contributed by atoms with Crippen molar-refractivity contribution in [2.24, 2.45) is 0 Å². The van der Waals surface area contributed by atoms with Crippen LogP contribution in [-0.2, 0) is 9.59 Å². The molecule has 0 bridgehead atoms. The minimum Gasteiger partial charge on any atom is -0.478 e. The van der Waals surface area contributed by atoms with Crippen molar-refractivity contribution in [1.82, 2.24) is 4.98 Å². The van der Waals surface area contributed by atoms with Crippen LogP contribution in [0, 0.1) is 6.92 Å². The molecule has 1 atom stereocenters. The quantitative estimate of drug-likeness (QED) is 0.763. The number of carbonyl (C=O) groups excluding carboxylic acids is 2. The first-order valence-corrected chi connectivity index (χ1v) is 9.03. The number of imide groups is 1. The van der Waals surface area contributed by atoms with Crippen molar-refractivity contribution in [3.05, 3.63) is 52.1 Å². The number of amides is 2. The van der Waals surface area contributed by atoms with Gasteiger partial charge in [-0.2, -0.15) is 0 Å². The minimum atomic E-state index is -1.12. The van der Waals surface area contributed by atoms with Gasteiger partial charge < -0.3 is 5.11 Å². The first-order valence-electron chi connectivity index (χ1n) is 7.36. The van der Waals surface area contributed by atoms with Crippen LogP contribution in [0.25, 0.3) is 0 Å². The van der Waals surface area contributed by atoms with Gasteiger partial charge in [0, 0.05) is 17.1 Å². The summed E-state index contributed by atoms with van der Waals surface area (Å²) in [6.07, 6.45) is 1.46. The van der Waals surface area contributed by atoms with Crippen molar-refractivity contribution in [2.75, 3.05) is 4.90 Å². The number of carboxylic acids is 1. The predicted molar refractivity (Wildman–Crippen MR) is 96.8 cm³/mol. The van der Waals surface area contributed by atoms with Crippen LogP contribution >= 0.6 is 27.7 Å². The zero-order valence-electron chi connectivity index (χ0n) is 13.1. The molecule has 1 aliphatic heterocycles. The molecule has 1 aromatic heterocycles.